The Morgan fingerprint density at radius 2 is 1.80 bits per heavy atom. The molecule has 1 atom stereocenters. The van der Waals surface area contributed by atoms with Crippen LogP contribution in [0, 0.1) is 12.7 Å². The van der Waals surface area contributed by atoms with Crippen molar-refractivity contribution in [1.29, 1.82) is 0 Å². The van der Waals surface area contributed by atoms with Gasteiger partial charge in [0.05, 0.1) is 11.1 Å². The third-order valence-corrected chi connectivity index (χ3v) is 3.79. The lowest BCUT2D eigenvalue weighted by Crippen LogP contribution is -2.13. The van der Waals surface area contributed by atoms with Crippen molar-refractivity contribution in [2.24, 2.45) is 0 Å². The fraction of sp³-hybridized carbons (Fsp3) is 0.294. The number of benzene rings is 2. The fourth-order valence-electron chi connectivity index (χ4n) is 2.27. The molecule has 0 aliphatic heterocycles. The molecular weight excluding hydrogens is 275 g/mol. The minimum absolute atomic E-state index is 0.105. The van der Waals surface area contributed by atoms with Crippen LogP contribution >= 0.6 is 11.6 Å². The molecule has 0 fully saturated rings. The van der Waals surface area contributed by atoms with E-state index in [0.29, 0.717) is 12.0 Å². The van der Waals surface area contributed by atoms with Gasteiger partial charge in [-0.25, -0.2) is 4.39 Å². The second-order valence-corrected chi connectivity index (χ2v) is 5.44. The van der Waals surface area contributed by atoms with Gasteiger partial charge in [0.25, 0.3) is 0 Å². The zero-order chi connectivity index (χ0) is 14.5. The molecule has 0 amide bonds. The Kier molecular flexibility index (Phi) is 5.16. The molecule has 3 heteroatoms. The van der Waals surface area contributed by atoms with Gasteiger partial charge in [0, 0.05) is 6.42 Å². The van der Waals surface area contributed by atoms with E-state index in [2.05, 4.69) is 19.1 Å². The first-order valence-corrected chi connectivity index (χ1v) is 7.11. The molecule has 2 rings (SSSR count). The van der Waals surface area contributed by atoms with Crippen LogP contribution in [0.5, 0.6) is 0 Å². The van der Waals surface area contributed by atoms with Gasteiger partial charge in [-0.15, -0.1) is 0 Å². The monoisotopic (exact) mass is 292 g/mol. The summed E-state index contributed by atoms with van der Waals surface area (Å²) in [6.07, 6.45) is 1.12. The summed E-state index contributed by atoms with van der Waals surface area (Å²) < 4.78 is 13.7. The van der Waals surface area contributed by atoms with Crippen LogP contribution < -0.4 is 0 Å². The summed E-state index contributed by atoms with van der Waals surface area (Å²) in [6, 6.07) is 13.0. The van der Waals surface area contributed by atoms with Gasteiger partial charge in [0.1, 0.15) is 5.82 Å². The van der Waals surface area contributed by atoms with Crippen LogP contribution in [0.3, 0.4) is 0 Å². The van der Waals surface area contributed by atoms with Crippen LogP contribution in [-0.4, -0.2) is 11.2 Å². The van der Waals surface area contributed by atoms with Crippen LogP contribution in [0.1, 0.15) is 23.1 Å². The molecule has 0 bridgehead atoms. The van der Waals surface area contributed by atoms with Crippen molar-refractivity contribution in [2.45, 2.75) is 32.3 Å². The first kappa shape index (κ1) is 15.0. The molecule has 0 radical (unpaired) electrons. The molecule has 0 saturated heterocycles. The molecule has 1 unspecified atom stereocenters. The molecular formula is C17H18ClFO. The summed E-state index contributed by atoms with van der Waals surface area (Å²) in [5, 5.41) is 10.2. The summed E-state index contributed by atoms with van der Waals surface area (Å²) in [7, 11) is 0. The standard InChI is InChI=1S/C17H18ClFO/c1-12-5-2-3-6-13(12)9-10-15(20)11-14-7-4-8-16(18)17(14)19/h2-8,15,20H,9-11H2,1H3. The van der Waals surface area contributed by atoms with Gasteiger partial charge < -0.3 is 5.11 Å². The Morgan fingerprint density at radius 1 is 1.10 bits per heavy atom. The van der Waals surface area contributed by atoms with Crippen LogP contribution in [-0.2, 0) is 12.8 Å². The highest BCUT2D eigenvalue weighted by atomic mass is 35.5. The van der Waals surface area contributed by atoms with E-state index in [0.717, 1.165) is 6.42 Å². The number of halogens is 2. The van der Waals surface area contributed by atoms with E-state index in [4.69, 9.17) is 11.6 Å². The molecule has 0 saturated carbocycles. The van der Waals surface area contributed by atoms with Gasteiger partial charge in [-0.2, -0.15) is 0 Å². The number of aryl methyl sites for hydroxylation is 2. The quantitative estimate of drug-likeness (QED) is 0.870. The molecule has 1 N–H and O–H groups in total. The van der Waals surface area contributed by atoms with Crippen LogP contribution in [0.15, 0.2) is 42.5 Å². The lowest BCUT2D eigenvalue weighted by Gasteiger charge is -2.12. The fourth-order valence-corrected chi connectivity index (χ4v) is 2.47. The molecule has 106 valence electrons. The zero-order valence-corrected chi connectivity index (χ0v) is 12.2. The van der Waals surface area contributed by atoms with Gasteiger partial charge >= 0.3 is 0 Å². The van der Waals surface area contributed by atoms with Crippen molar-refractivity contribution >= 4 is 11.6 Å². The Labute approximate surface area is 124 Å². The first-order chi connectivity index (χ1) is 9.58. The maximum atomic E-state index is 13.7. The molecule has 1 nitrogen and oxygen atoms in total. The third kappa shape index (κ3) is 3.81. The lowest BCUT2D eigenvalue weighted by atomic mass is 9.98. The number of aliphatic hydroxyl groups is 1. The normalized spacial score (nSPS) is 12.4. The van der Waals surface area contributed by atoms with Crippen molar-refractivity contribution in [3.8, 4) is 0 Å². The topological polar surface area (TPSA) is 20.2 Å². The van der Waals surface area contributed by atoms with Crippen molar-refractivity contribution in [3.63, 3.8) is 0 Å². The van der Waals surface area contributed by atoms with Crippen LogP contribution in [0.25, 0.3) is 0 Å². The SMILES string of the molecule is Cc1ccccc1CCC(O)Cc1cccc(Cl)c1F. The van der Waals surface area contributed by atoms with Crippen LogP contribution in [0.4, 0.5) is 4.39 Å². The van der Waals surface area contributed by atoms with E-state index in [1.54, 1.807) is 12.1 Å². The number of hydrogen-bond donors (Lipinski definition) is 1. The highest BCUT2D eigenvalue weighted by Gasteiger charge is 2.12. The average molecular weight is 293 g/mol. The van der Waals surface area contributed by atoms with E-state index in [-0.39, 0.29) is 11.4 Å². The summed E-state index contributed by atoms with van der Waals surface area (Å²) in [5.41, 5.74) is 2.90. The Balaban J connectivity index is 1.94. The molecule has 0 aromatic heterocycles. The molecule has 2 aromatic carbocycles. The summed E-state index contributed by atoms with van der Waals surface area (Å²) in [4.78, 5) is 0. The van der Waals surface area contributed by atoms with E-state index in [9.17, 15) is 9.50 Å². The predicted molar refractivity (Wildman–Crippen MR) is 80.6 cm³/mol. The van der Waals surface area contributed by atoms with Gasteiger partial charge in [-0.3, -0.25) is 0 Å². The van der Waals surface area contributed by atoms with Crippen molar-refractivity contribution < 1.29 is 9.50 Å². The maximum Gasteiger partial charge on any atom is 0.145 e. The lowest BCUT2D eigenvalue weighted by molar-refractivity contribution is 0.164. The average Bonchev–Trinajstić information content (AvgIpc) is 2.43. The Hall–Kier alpha value is -1.38. The Bertz CT molecular complexity index is 583. The summed E-state index contributed by atoms with van der Waals surface area (Å²) in [5.74, 6) is -0.427. The second-order valence-electron chi connectivity index (χ2n) is 5.04. The largest absolute Gasteiger partial charge is 0.393 e. The van der Waals surface area contributed by atoms with Gasteiger partial charge in [-0.05, 0) is 42.5 Å². The summed E-state index contributed by atoms with van der Waals surface area (Å²) >= 11 is 5.73. The zero-order valence-electron chi connectivity index (χ0n) is 11.4. The molecule has 0 heterocycles. The molecule has 0 aliphatic rings. The van der Waals surface area contributed by atoms with E-state index < -0.39 is 11.9 Å². The first-order valence-electron chi connectivity index (χ1n) is 6.73. The van der Waals surface area contributed by atoms with Gasteiger partial charge in [0.15, 0.2) is 0 Å². The number of hydrogen-bond acceptors (Lipinski definition) is 1. The van der Waals surface area contributed by atoms with E-state index >= 15 is 0 Å². The number of rotatable bonds is 5. The molecule has 0 spiro atoms. The minimum atomic E-state index is -0.567. The highest BCUT2D eigenvalue weighted by molar-refractivity contribution is 6.30. The molecule has 20 heavy (non-hydrogen) atoms. The van der Waals surface area contributed by atoms with Crippen molar-refractivity contribution in [3.05, 3.63) is 70.0 Å². The number of aliphatic hydroxyl groups excluding tert-OH is 1. The Morgan fingerprint density at radius 3 is 2.55 bits per heavy atom. The van der Waals surface area contributed by atoms with Crippen LogP contribution in [0.2, 0.25) is 5.02 Å². The van der Waals surface area contributed by atoms with Crippen molar-refractivity contribution in [1.82, 2.24) is 0 Å². The minimum Gasteiger partial charge on any atom is -0.393 e. The molecule has 2 aromatic rings. The van der Waals surface area contributed by atoms with E-state index in [1.165, 1.54) is 17.2 Å². The maximum absolute atomic E-state index is 13.7. The second kappa shape index (κ2) is 6.87. The van der Waals surface area contributed by atoms with Gasteiger partial charge in [-0.1, -0.05) is 48.0 Å². The third-order valence-electron chi connectivity index (χ3n) is 3.50. The van der Waals surface area contributed by atoms with Gasteiger partial charge in [0.2, 0.25) is 0 Å². The predicted octanol–water partition coefficient (Wildman–Crippen LogP) is 4.32. The van der Waals surface area contributed by atoms with Crippen molar-refractivity contribution in [2.75, 3.05) is 0 Å². The molecule has 0 aliphatic carbocycles. The van der Waals surface area contributed by atoms with E-state index in [1.807, 2.05) is 12.1 Å². The smallest absolute Gasteiger partial charge is 0.145 e. The highest BCUT2D eigenvalue weighted by Crippen LogP contribution is 2.20. The summed E-state index contributed by atoms with van der Waals surface area (Å²) in [6.45, 7) is 2.05.